The maximum atomic E-state index is 13.2. The highest BCUT2D eigenvalue weighted by Gasteiger charge is 2.25. The van der Waals surface area contributed by atoms with Gasteiger partial charge in [-0.05, 0) is 42.5 Å². The van der Waals surface area contributed by atoms with Gasteiger partial charge in [0, 0.05) is 53.7 Å². The molecule has 2 heterocycles. The van der Waals surface area contributed by atoms with Crippen LogP contribution in [0.3, 0.4) is 0 Å². The predicted molar refractivity (Wildman–Crippen MR) is 152 cm³/mol. The molecule has 0 aliphatic heterocycles. The number of aromatic amines is 1. The molecule has 6 nitrogen and oxygen atoms in total. The van der Waals surface area contributed by atoms with Crippen LogP contribution in [0, 0.1) is 12.3 Å². The molecule has 0 saturated heterocycles. The molecule has 0 atom stereocenters. The van der Waals surface area contributed by atoms with E-state index in [9.17, 15) is 14.7 Å². The van der Waals surface area contributed by atoms with Crippen molar-refractivity contribution >= 4 is 33.6 Å². The molecule has 0 fully saturated rings. The van der Waals surface area contributed by atoms with Crippen molar-refractivity contribution in [1.29, 1.82) is 0 Å². The molecule has 0 aliphatic rings. The fourth-order valence-electron chi connectivity index (χ4n) is 4.80. The zero-order chi connectivity index (χ0) is 27.0. The van der Waals surface area contributed by atoms with Crippen LogP contribution in [0.4, 0.5) is 0 Å². The number of amides is 1. The first kappa shape index (κ1) is 25.5. The summed E-state index contributed by atoms with van der Waals surface area (Å²) >= 11 is 0. The Bertz CT molecular complexity index is 1650. The second-order valence-corrected chi connectivity index (χ2v) is 10.6. The zero-order valence-corrected chi connectivity index (χ0v) is 22.1. The topological polar surface area (TPSA) is 95.3 Å². The number of rotatable bonds is 8. The highest BCUT2D eigenvalue weighted by atomic mass is 16.3. The van der Waals surface area contributed by atoms with Gasteiger partial charge in [0.15, 0.2) is 5.78 Å². The minimum absolute atomic E-state index is 0.0354. The van der Waals surface area contributed by atoms with Gasteiger partial charge in [-0.1, -0.05) is 61.9 Å². The van der Waals surface area contributed by atoms with E-state index in [2.05, 4.69) is 10.3 Å². The van der Waals surface area contributed by atoms with E-state index in [1.807, 2.05) is 87.6 Å². The lowest BCUT2D eigenvalue weighted by Crippen LogP contribution is -2.18. The normalized spacial score (nSPS) is 11.8. The molecule has 3 N–H and O–H groups in total. The molecule has 0 radical (unpaired) electrons. The van der Waals surface area contributed by atoms with E-state index in [-0.39, 0.29) is 23.7 Å². The van der Waals surface area contributed by atoms with Crippen LogP contribution in [-0.2, 0) is 0 Å². The maximum absolute atomic E-state index is 13.2. The van der Waals surface area contributed by atoms with Gasteiger partial charge in [-0.3, -0.25) is 9.59 Å². The highest BCUT2D eigenvalue weighted by Crippen LogP contribution is 2.41. The van der Waals surface area contributed by atoms with Gasteiger partial charge in [-0.15, -0.1) is 0 Å². The van der Waals surface area contributed by atoms with Crippen molar-refractivity contribution in [1.82, 2.24) is 10.3 Å². The molecule has 0 spiro atoms. The van der Waals surface area contributed by atoms with Gasteiger partial charge >= 0.3 is 0 Å². The van der Waals surface area contributed by atoms with Crippen LogP contribution in [0.5, 0.6) is 0 Å². The summed E-state index contributed by atoms with van der Waals surface area (Å²) in [6, 6.07) is 19.4. The molecule has 0 aliphatic carbocycles. The Balaban J connectivity index is 1.66. The number of hydrogen-bond acceptors (Lipinski definition) is 4. The van der Waals surface area contributed by atoms with Crippen molar-refractivity contribution in [2.75, 3.05) is 13.7 Å². The average molecular weight is 509 g/mol. The highest BCUT2D eigenvalue weighted by molar-refractivity contribution is 6.19. The number of nitrogens with one attached hydrogen (secondary N) is 2. The van der Waals surface area contributed by atoms with Crippen LogP contribution in [0.15, 0.2) is 71.3 Å². The molecule has 5 aromatic rings. The number of aliphatic hydroxyl groups is 1. The Hall–Kier alpha value is -4.16. The quantitative estimate of drug-likeness (QED) is 0.199. The minimum Gasteiger partial charge on any atom is -0.454 e. The third-order valence-electron chi connectivity index (χ3n) is 7.22. The fourth-order valence-corrected chi connectivity index (χ4v) is 4.80. The number of fused-ring (bicyclic) bond motifs is 3. The Kier molecular flexibility index (Phi) is 6.67. The van der Waals surface area contributed by atoms with Crippen molar-refractivity contribution < 1.29 is 19.1 Å². The van der Waals surface area contributed by atoms with Crippen molar-refractivity contribution in [2.45, 2.75) is 33.6 Å². The largest absolute Gasteiger partial charge is 0.454 e. The molecular formula is C32H32N2O4. The van der Waals surface area contributed by atoms with E-state index in [1.54, 1.807) is 7.05 Å². The SMILES string of the molecule is CNC(=O)c1c(-c2ccc(C)cc2)oc2c1cc(-c1cccc(C(=O)CCC(C)(C)CO)c1)c1[nH]ccc12. The van der Waals surface area contributed by atoms with Gasteiger partial charge in [0.1, 0.15) is 11.3 Å². The average Bonchev–Trinajstić information content (AvgIpc) is 3.56. The van der Waals surface area contributed by atoms with E-state index < -0.39 is 0 Å². The van der Waals surface area contributed by atoms with E-state index >= 15 is 0 Å². The third kappa shape index (κ3) is 4.63. The first-order chi connectivity index (χ1) is 18.2. The number of aryl methyl sites for hydroxylation is 1. The summed E-state index contributed by atoms with van der Waals surface area (Å²) in [6.07, 6.45) is 2.81. The molecular weight excluding hydrogens is 476 g/mol. The molecule has 6 heteroatoms. The van der Waals surface area contributed by atoms with Crippen molar-refractivity contribution in [3.05, 3.63) is 83.6 Å². The van der Waals surface area contributed by atoms with Crippen LogP contribution in [-0.4, -0.2) is 35.4 Å². The molecule has 2 aromatic heterocycles. The Morgan fingerprint density at radius 1 is 1.00 bits per heavy atom. The summed E-state index contributed by atoms with van der Waals surface area (Å²) in [6.45, 7) is 5.96. The Labute approximate surface area is 221 Å². The summed E-state index contributed by atoms with van der Waals surface area (Å²) in [5.74, 6) is 0.332. The second-order valence-electron chi connectivity index (χ2n) is 10.6. The van der Waals surface area contributed by atoms with E-state index in [0.717, 1.165) is 33.2 Å². The van der Waals surface area contributed by atoms with E-state index in [4.69, 9.17) is 4.42 Å². The maximum Gasteiger partial charge on any atom is 0.255 e. The van der Waals surface area contributed by atoms with Crippen LogP contribution >= 0.6 is 0 Å². The number of furan rings is 1. The van der Waals surface area contributed by atoms with Crippen molar-refractivity contribution in [3.63, 3.8) is 0 Å². The number of ketones is 1. The number of carbonyl (C=O) groups is 2. The number of aromatic nitrogens is 1. The summed E-state index contributed by atoms with van der Waals surface area (Å²) in [5, 5.41) is 13.9. The monoisotopic (exact) mass is 508 g/mol. The summed E-state index contributed by atoms with van der Waals surface area (Å²) in [5.41, 5.74) is 6.00. The lowest BCUT2D eigenvalue weighted by atomic mass is 9.87. The Morgan fingerprint density at radius 2 is 1.76 bits per heavy atom. The summed E-state index contributed by atoms with van der Waals surface area (Å²) in [7, 11) is 1.61. The number of hydrogen-bond donors (Lipinski definition) is 3. The molecule has 194 valence electrons. The van der Waals surface area contributed by atoms with Gasteiger partial charge in [0.25, 0.3) is 5.91 Å². The predicted octanol–water partition coefficient (Wildman–Crippen LogP) is 6.90. The van der Waals surface area contributed by atoms with Gasteiger partial charge in [0.2, 0.25) is 0 Å². The molecule has 0 saturated carbocycles. The number of benzene rings is 3. The van der Waals surface area contributed by atoms with Gasteiger partial charge in [-0.25, -0.2) is 0 Å². The third-order valence-corrected chi connectivity index (χ3v) is 7.22. The summed E-state index contributed by atoms with van der Waals surface area (Å²) in [4.78, 5) is 29.5. The lowest BCUT2D eigenvalue weighted by molar-refractivity contribution is 0.0931. The number of carbonyl (C=O) groups excluding carboxylic acids is 2. The molecule has 5 rings (SSSR count). The first-order valence-corrected chi connectivity index (χ1v) is 12.8. The van der Waals surface area contributed by atoms with Gasteiger partial charge in [0.05, 0.1) is 11.1 Å². The van der Waals surface area contributed by atoms with E-state index in [0.29, 0.717) is 40.7 Å². The number of aliphatic hydroxyl groups excluding tert-OH is 1. The molecule has 38 heavy (non-hydrogen) atoms. The van der Waals surface area contributed by atoms with Crippen LogP contribution in [0.1, 0.15) is 53.0 Å². The number of H-pyrrole nitrogens is 1. The van der Waals surface area contributed by atoms with Crippen LogP contribution in [0.2, 0.25) is 0 Å². The molecule has 0 bridgehead atoms. The standard InChI is InChI=1S/C32H32N2O4/c1-19-8-10-20(11-9-19)29-27(31(37)33-4)25-17-24(28-23(13-15-34-28)30(25)38-29)21-6-5-7-22(16-21)26(36)12-14-32(2,3)18-35/h5-11,13,15-17,34-35H,12,14,18H2,1-4H3,(H,33,37). The van der Waals surface area contributed by atoms with Crippen molar-refractivity contribution in [2.24, 2.45) is 5.41 Å². The minimum atomic E-state index is -0.304. The molecule has 3 aromatic carbocycles. The number of Topliss-reactive ketones (excluding diaryl/α,β-unsaturated/α-hetero) is 1. The fraction of sp³-hybridized carbons (Fsp3) is 0.250. The van der Waals surface area contributed by atoms with Crippen LogP contribution in [0.25, 0.3) is 44.3 Å². The Morgan fingerprint density at radius 3 is 2.47 bits per heavy atom. The van der Waals surface area contributed by atoms with Gasteiger partial charge < -0.3 is 19.8 Å². The zero-order valence-electron chi connectivity index (χ0n) is 22.1. The van der Waals surface area contributed by atoms with Gasteiger partial charge in [-0.2, -0.15) is 0 Å². The van der Waals surface area contributed by atoms with Crippen LogP contribution < -0.4 is 5.32 Å². The first-order valence-electron chi connectivity index (χ1n) is 12.8. The smallest absolute Gasteiger partial charge is 0.255 e. The molecule has 0 unspecified atom stereocenters. The lowest BCUT2D eigenvalue weighted by Gasteiger charge is -2.20. The molecule has 1 amide bonds. The summed E-state index contributed by atoms with van der Waals surface area (Å²) < 4.78 is 6.39. The van der Waals surface area contributed by atoms with E-state index in [1.165, 1.54) is 0 Å². The van der Waals surface area contributed by atoms with Crippen molar-refractivity contribution in [3.8, 4) is 22.5 Å². The second kappa shape index (κ2) is 9.95.